The second kappa shape index (κ2) is 6.06. The maximum absolute atomic E-state index is 8.81. The van der Waals surface area contributed by atoms with E-state index in [1.54, 1.807) is 7.11 Å². The minimum absolute atomic E-state index is 0.750. The standard InChI is InChI=1S/C8H11NO.C2H4O/c1-6-3-4-7(10-2)5-8(6)9;1-2-3/h3-5H,9H2,1-2H3;2H,1H3. The summed E-state index contributed by atoms with van der Waals surface area (Å²) in [5.41, 5.74) is 7.48. The third kappa shape index (κ3) is 4.15. The highest BCUT2D eigenvalue weighted by molar-refractivity contribution is 5.50. The van der Waals surface area contributed by atoms with Crippen LogP contribution in [-0.2, 0) is 4.79 Å². The van der Waals surface area contributed by atoms with Gasteiger partial charge in [-0.15, -0.1) is 0 Å². The van der Waals surface area contributed by atoms with Crippen LogP contribution in [0.4, 0.5) is 5.69 Å². The maximum Gasteiger partial charge on any atom is 0.120 e. The lowest BCUT2D eigenvalue weighted by Gasteiger charge is -2.02. The van der Waals surface area contributed by atoms with Gasteiger partial charge in [-0.3, -0.25) is 0 Å². The van der Waals surface area contributed by atoms with Crippen molar-refractivity contribution in [1.29, 1.82) is 0 Å². The number of anilines is 1. The van der Waals surface area contributed by atoms with E-state index in [0.29, 0.717) is 0 Å². The second-order valence-electron chi connectivity index (χ2n) is 2.46. The molecular formula is C10H15NO2. The fourth-order valence-electron chi connectivity index (χ4n) is 0.746. The lowest BCUT2D eigenvalue weighted by Crippen LogP contribution is -1.90. The van der Waals surface area contributed by atoms with Gasteiger partial charge < -0.3 is 15.3 Å². The monoisotopic (exact) mass is 181 g/mol. The number of hydrogen-bond donors (Lipinski definition) is 1. The number of rotatable bonds is 1. The molecule has 0 heterocycles. The first kappa shape index (κ1) is 11.5. The van der Waals surface area contributed by atoms with Crippen molar-refractivity contribution in [3.63, 3.8) is 0 Å². The summed E-state index contributed by atoms with van der Waals surface area (Å²) in [6.45, 7) is 3.41. The predicted molar refractivity (Wildman–Crippen MR) is 53.9 cm³/mol. The number of carbonyl (C=O) groups is 1. The van der Waals surface area contributed by atoms with E-state index in [-0.39, 0.29) is 0 Å². The quantitative estimate of drug-likeness (QED) is 0.531. The van der Waals surface area contributed by atoms with Gasteiger partial charge in [0, 0.05) is 11.8 Å². The van der Waals surface area contributed by atoms with Crippen molar-refractivity contribution in [2.24, 2.45) is 0 Å². The molecule has 0 saturated heterocycles. The smallest absolute Gasteiger partial charge is 0.120 e. The van der Waals surface area contributed by atoms with Crippen LogP contribution in [0.15, 0.2) is 18.2 Å². The van der Waals surface area contributed by atoms with Crippen LogP contribution < -0.4 is 10.5 Å². The predicted octanol–water partition coefficient (Wildman–Crippen LogP) is 1.79. The number of nitrogen functional groups attached to an aromatic ring is 1. The van der Waals surface area contributed by atoms with E-state index in [2.05, 4.69) is 0 Å². The van der Waals surface area contributed by atoms with Crippen LogP contribution in [0.25, 0.3) is 0 Å². The Hall–Kier alpha value is -1.51. The zero-order valence-corrected chi connectivity index (χ0v) is 8.20. The molecule has 0 spiro atoms. The van der Waals surface area contributed by atoms with Gasteiger partial charge in [-0.05, 0) is 25.5 Å². The highest BCUT2D eigenvalue weighted by Gasteiger charge is 1.93. The Morgan fingerprint density at radius 2 is 2.00 bits per heavy atom. The summed E-state index contributed by atoms with van der Waals surface area (Å²) in [5, 5.41) is 0. The molecule has 0 saturated carbocycles. The Morgan fingerprint density at radius 1 is 1.46 bits per heavy atom. The van der Waals surface area contributed by atoms with Crippen molar-refractivity contribution in [3.05, 3.63) is 23.8 Å². The minimum Gasteiger partial charge on any atom is -0.497 e. The fraction of sp³-hybridized carbons (Fsp3) is 0.300. The van der Waals surface area contributed by atoms with E-state index in [9.17, 15) is 0 Å². The minimum atomic E-state index is 0.750. The average Bonchev–Trinajstić information content (AvgIpc) is 2.11. The molecule has 1 aromatic carbocycles. The molecule has 1 rings (SSSR count). The van der Waals surface area contributed by atoms with Crippen LogP contribution in [0.5, 0.6) is 5.75 Å². The number of carbonyl (C=O) groups excluding carboxylic acids is 1. The Morgan fingerprint density at radius 3 is 2.38 bits per heavy atom. The molecule has 13 heavy (non-hydrogen) atoms. The second-order valence-corrected chi connectivity index (χ2v) is 2.46. The Kier molecular flexibility index (Phi) is 5.35. The number of methoxy groups -OCH3 is 1. The molecule has 1 aromatic rings. The summed E-state index contributed by atoms with van der Waals surface area (Å²) in [6, 6.07) is 5.65. The first-order valence-electron chi connectivity index (χ1n) is 3.95. The van der Waals surface area contributed by atoms with Crippen molar-refractivity contribution in [1.82, 2.24) is 0 Å². The van der Waals surface area contributed by atoms with Gasteiger partial charge in [0.2, 0.25) is 0 Å². The van der Waals surface area contributed by atoms with Gasteiger partial charge in [0.1, 0.15) is 12.0 Å². The van der Waals surface area contributed by atoms with E-state index < -0.39 is 0 Å². The van der Waals surface area contributed by atoms with E-state index >= 15 is 0 Å². The van der Waals surface area contributed by atoms with Gasteiger partial charge >= 0.3 is 0 Å². The highest BCUT2D eigenvalue weighted by atomic mass is 16.5. The zero-order chi connectivity index (χ0) is 10.3. The lowest BCUT2D eigenvalue weighted by molar-refractivity contribution is -0.106. The van der Waals surface area contributed by atoms with Crippen LogP contribution >= 0.6 is 0 Å². The van der Waals surface area contributed by atoms with Crippen LogP contribution in [0.3, 0.4) is 0 Å². The van der Waals surface area contributed by atoms with Gasteiger partial charge in [0.25, 0.3) is 0 Å². The molecule has 0 amide bonds. The Labute approximate surface area is 78.5 Å². The summed E-state index contributed by atoms with van der Waals surface area (Å²) in [6.07, 6.45) is 0.750. The van der Waals surface area contributed by atoms with Crippen molar-refractivity contribution < 1.29 is 9.53 Å². The van der Waals surface area contributed by atoms with E-state index in [0.717, 1.165) is 23.3 Å². The van der Waals surface area contributed by atoms with Crippen molar-refractivity contribution >= 4 is 12.0 Å². The van der Waals surface area contributed by atoms with Crippen molar-refractivity contribution in [2.45, 2.75) is 13.8 Å². The summed E-state index contributed by atoms with van der Waals surface area (Å²) in [4.78, 5) is 8.81. The molecule has 0 bridgehead atoms. The summed E-state index contributed by atoms with van der Waals surface area (Å²) in [5.74, 6) is 0.808. The molecule has 0 aromatic heterocycles. The molecule has 0 aliphatic carbocycles. The first-order valence-corrected chi connectivity index (χ1v) is 3.95. The molecular weight excluding hydrogens is 166 g/mol. The molecule has 3 heteroatoms. The van der Waals surface area contributed by atoms with Gasteiger partial charge in [-0.25, -0.2) is 0 Å². The Balaban J connectivity index is 0.000000424. The van der Waals surface area contributed by atoms with Crippen molar-refractivity contribution in [2.75, 3.05) is 12.8 Å². The van der Waals surface area contributed by atoms with E-state index in [4.69, 9.17) is 15.3 Å². The molecule has 0 aliphatic heterocycles. The van der Waals surface area contributed by atoms with Crippen LogP contribution in [-0.4, -0.2) is 13.4 Å². The van der Waals surface area contributed by atoms with Gasteiger partial charge in [-0.2, -0.15) is 0 Å². The molecule has 0 radical (unpaired) electrons. The summed E-state index contributed by atoms with van der Waals surface area (Å²) in [7, 11) is 1.63. The topological polar surface area (TPSA) is 52.3 Å². The largest absolute Gasteiger partial charge is 0.497 e. The zero-order valence-electron chi connectivity index (χ0n) is 8.20. The van der Waals surface area contributed by atoms with Crippen LogP contribution in [0.2, 0.25) is 0 Å². The number of aryl methyl sites for hydroxylation is 1. The number of nitrogens with two attached hydrogens (primary N) is 1. The van der Waals surface area contributed by atoms with Crippen LogP contribution in [0, 0.1) is 6.92 Å². The SMILES string of the molecule is CC=O.COc1ccc(C)c(N)c1. The molecule has 0 fully saturated rings. The molecule has 3 nitrogen and oxygen atoms in total. The van der Waals surface area contributed by atoms with Crippen molar-refractivity contribution in [3.8, 4) is 5.75 Å². The lowest BCUT2D eigenvalue weighted by atomic mass is 10.2. The third-order valence-corrected chi connectivity index (χ3v) is 1.49. The molecule has 2 N–H and O–H groups in total. The number of benzene rings is 1. The van der Waals surface area contributed by atoms with E-state index in [1.165, 1.54) is 6.92 Å². The van der Waals surface area contributed by atoms with Gasteiger partial charge in [-0.1, -0.05) is 6.07 Å². The number of ether oxygens (including phenoxy) is 1. The highest BCUT2D eigenvalue weighted by Crippen LogP contribution is 2.17. The normalized spacial score (nSPS) is 8.23. The molecule has 0 aliphatic rings. The molecule has 0 atom stereocenters. The number of hydrogen-bond acceptors (Lipinski definition) is 3. The average molecular weight is 181 g/mol. The summed E-state index contributed by atoms with van der Waals surface area (Å²) < 4.78 is 4.97. The molecule has 0 unspecified atom stereocenters. The summed E-state index contributed by atoms with van der Waals surface area (Å²) >= 11 is 0. The van der Waals surface area contributed by atoms with Gasteiger partial charge in [0.15, 0.2) is 0 Å². The maximum atomic E-state index is 8.81. The third-order valence-electron chi connectivity index (χ3n) is 1.49. The Bertz CT molecular complexity index is 272. The van der Waals surface area contributed by atoms with Crippen LogP contribution in [0.1, 0.15) is 12.5 Å². The van der Waals surface area contributed by atoms with Gasteiger partial charge in [0.05, 0.1) is 7.11 Å². The first-order chi connectivity index (χ1) is 6.15. The molecule has 72 valence electrons. The number of aldehydes is 1. The van der Waals surface area contributed by atoms with E-state index in [1.807, 2.05) is 25.1 Å². The fourth-order valence-corrected chi connectivity index (χ4v) is 0.746.